The molecular weight excluding hydrogens is 238 g/mol. The van der Waals surface area contributed by atoms with E-state index in [4.69, 9.17) is 10.9 Å². The van der Waals surface area contributed by atoms with Gasteiger partial charge >= 0.3 is 0 Å². The summed E-state index contributed by atoms with van der Waals surface area (Å²) in [6, 6.07) is 4.74. The molecule has 17 heavy (non-hydrogen) atoms. The SMILES string of the molecule is CC(C)CN(C)c1ccc(N)cc1S(N)(=O)=O. The zero-order valence-corrected chi connectivity index (χ0v) is 11.2. The molecule has 0 fully saturated rings. The van der Waals surface area contributed by atoms with Gasteiger partial charge < -0.3 is 10.6 Å². The molecule has 0 aliphatic rings. The molecule has 1 aromatic rings. The van der Waals surface area contributed by atoms with Gasteiger partial charge in [0.1, 0.15) is 4.90 Å². The maximum atomic E-state index is 11.5. The average molecular weight is 257 g/mol. The largest absolute Gasteiger partial charge is 0.399 e. The number of benzene rings is 1. The minimum atomic E-state index is -3.76. The van der Waals surface area contributed by atoms with Crippen LogP contribution in [0.1, 0.15) is 13.8 Å². The highest BCUT2D eigenvalue weighted by Crippen LogP contribution is 2.26. The monoisotopic (exact) mass is 257 g/mol. The van der Waals surface area contributed by atoms with Crippen LogP contribution >= 0.6 is 0 Å². The minimum absolute atomic E-state index is 0.0700. The van der Waals surface area contributed by atoms with Crippen LogP contribution in [0.4, 0.5) is 11.4 Å². The van der Waals surface area contributed by atoms with Crippen molar-refractivity contribution in [2.45, 2.75) is 18.7 Å². The molecule has 1 aromatic carbocycles. The summed E-state index contributed by atoms with van der Waals surface area (Å²) in [7, 11) is -1.92. The fourth-order valence-electron chi connectivity index (χ4n) is 1.72. The first-order chi connectivity index (χ1) is 7.71. The molecule has 4 N–H and O–H groups in total. The molecule has 0 amide bonds. The van der Waals surface area contributed by atoms with Gasteiger partial charge in [0.25, 0.3) is 0 Å². The van der Waals surface area contributed by atoms with Gasteiger partial charge in [-0.3, -0.25) is 0 Å². The van der Waals surface area contributed by atoms with E-state index in [2.05, 4.69) is 13.8 Å². The molecule has 6 heteroatoms. The van der Waals surface area contributed by atoms with Crippen LogP contribution in [0, 0.1) is 5.92 Å². The number of primary sulfonamides is 1. The maximum absolute atomic E-state index is 11.5. The molecule has 0 spiro atoms. The van der Waals surface area contributed by atoms with E-state index in [1.165, 1.54) is 6.07 Å². The first kappa shape index (κ1) is 13.8. The Labute approximate surface area is 102 Å². The lowest BCUT2D eigenvalue weighted by Gasteiger charge is -2.23. The third kappa shape index (κ3) is 3.61. The number of anilines is 2. The molecule has 0 unspecified atom stereocenters. The Kier molecular flexibility index (Phi) is 4.00. The number of sulfonamides is 1. The lowest BCUT2D eigenvalue weighted by atomic mass is 10.2. The van der Waals surface area contributed by atoms with Gasteiger partial charge in [-0.25, -0.2) is 13.6 Å². The quantitative estimate of drug-likeness (QED) is 0.788. The van der Waals surface area contributed by atoms with E-state index in [1.54, 1.807) is 12.1 Å². The highest BCUT2D eigenvalue weighted by molar-refractivity contribution is 7.89. The van der Waals surface area contributed by atoms with Gasteiger partial charge in [-0.2, -0.15) is 0 Å². The Morgan fingerprint density at radius 2 is 1.94 bits per heavy atom. The van der Waals surface area contributed by atoms with E-state index in [-0.39, 0.29) is 4.90 Å². The van der Waals surface area contributed by atoms with Crippen LogP contribution in [-0.2, 0) is 10.0 Å². The standard InChI is InChI=1S/C11H19N3O2S/c1-8(2)7-14(3)10-5-4-9(12)6-11(10)17(13,15)16/h4-6,8H,7,12H2,1-3H3,(H2,13,15,16). The van der Waals surface area contributed by atoms with E-state index in [1.807, 2.05) is 11.9 Å². The molecule has 0 saturated carbocycles. The van der Waals surface area contributed by atoms with Crippen molar-refractivity contribution >= 4 is 21.4 Å². The van der Waals surface area contributed by atoms with Crippen molar-refractivity contribution in [2.24, 2.45) is 11.1 Å². The Morgan fingerprint density at radius 1 is 1.35 bits per heavy atom. The minimum Gasteiger partial charge on any atom is -0.399 e. The lowest BCUT2D eigenvalue weighted by molar-refractivity contribution is 0.595. The summed E-state index contributed by atoms with van der Waals surface area (Å²) in [6.07, 6.45) is 0. The van der Waals surface area contributed by atoms with Crippen molar-refractivity contribution < 1.29 is 8.42 Å². The number of hydrogen-bond donors (Lipinski definition) is 2. The van der Waals surface area contributed by atoms with Crippen molar-refractivity contribution in [3.05, 3.63) is 18.2 Å². The Morgan fingerprint density at radius 3 is 2.41 bits per heavy atom. The highest BCUT2D eigenvalue weighted by Gasteiger charge is 2.17. The van der Waals surface area contributed by atoms with Crippen LogP contribution in [0.15, 0.2) is 23.1 Å². The van der Waals surface area contributed by atoms with Crippen LogP contribution in [0.3, 0.4) is 0 Å². The predicted molar refractivity (Wildman–Crippen MR) is 70.3 cm³/mol. The van der Waals surface area contributed by atoms with E-state index in [0.717, 1.165) is 6.54 Å². The van der Waals surface area contributed by atoms with Crippen molar-refractivity contribution in [3.8, 4) is 0 Å². The summed E-state index contributed by atoms with van der Waals surface area (Å²) in [4.78, 5) is 1.93. The number of hydrogen-bond acceptors (Lipinski definition) is 4. The number of nitrogens with zero attached hydrogens (tertiary/aromatic N) is 1. The summed E-state index contributed by atoms with van der Waals surface area (Å²) in [5.41, 5.74) is 6.55. The van der Waals surface area contributed by atoms with Gasteiger partial charge in [-0.15, -0.1) is 0 Å². The summed E-state index contributed by atoms with van der Waals surface area (Å²) in [6.45, 7) is 4.86. The molecule has 0 saturated heterocycles. The van der Waals surface area contributed by atoms with Gasteiger partial charge in [0.15, 0.2) is 0 Å². The molecule has 0 radical (unpaired) electrons. The second kappa shape index (κ2) is 4.93. The predicted octanol–water partition coefficient (Wildman–Crippen LogP) is 1.01. The lowest BCUT2D eigenvalue weighted by Crippen LogP contribution is -2.26. The second-order valence-electron chi connectivity index (χ2n) is 4.55. The van der Waals surface area contributed by atoms with E-state index in [9.17, 15) is 8.42 Å². The molecule has 5 nitrogen and oxygen atoms in total. The fraction of sp³-hybridized carbons (Fsp3) is 0.455. The second-order valence-corrected chi connectivity index (χ2v) is 6.08. The van der Waals surface area contributed by atoms with E-state index in [0.29, 0.717) is 17.3 Å². The van der Waals surface area contributed by atoms with Crippen molar-refractivity contribution in [1.82, 2.24) is 0 Å². The summed E-state index contributed by atoms with van der Waals surface area (Å²) < 4.78 is 23.0. The molecule has 0 aliphatic carbocycles. The van der Waals surface area contributed by atoms with Gasteiger partial charge in [0, 0.05) is 19.3 Å². The van der Waals surface area contributed by atoms with Crippen molar-refractivity contribution in [1.29, 1.82) is 0 Å². The molecule has 0 aliphatic heterocycles. The van der Waals surface area contributed by atoms with Crippen molar-refractivity contribution in [2.75, 3.05) is 24.2 Å². The normalized spacial score (nSPS) is 11.8. The third-order valence-corrected chi connectivity index (χ3v) is 3.28. The summed E-state index contributed by atoms with van der Waals surface area (Å²) in [5.74, 6) is 0.422. The fourth-order valence-corrected chi connectivity index (χ4v) is 2.54. The van der Waals surface area contributed by atoms with Gasteiger partial charge in [0.2, 0.25) is 10.0 Å². The summed E-state index contributed by atoms with van der Waals surface area (Å²) in [5, 5.41) is 5.19. The third-order valence-electron chi connectivity index (χ3n) is 2.34. The van der Waals surface area contributed by atoms with Gasteiger partial charge in [0.05, 0.1) is 5.69 Å². The topological polar surface area (TPSA) is 89.4 Å². The molecule has 0 aromatic heterocycles. The maximum Gasteiger partial charge on any atom is 0.240 e. The molecule has 0 atom stereocenters. The molecular formula is C11H19N3O2S. The Hall–Kier alpha value is -1.27. The zero-order chi connectivity index (χ0) is 13.2. The van der Waals surface area contributed by atoms with Crippen LogP contribution in [0.5, 0.6) is 0 Å². The van der Waals surface area contributed by atoms with Gasteiger partial charge in [-0.05, 0) is 24.1 Å². The van der Waals surface area contributed by atoms with Gasteiger partial charge in [-0.1, -0.05) is 13.8 Å². The molecule has 0 heterocycles. The number of nitrogens with two attached hydrogens (primary N) is 2. The van der Waals surface area contributed by atoms with Crippen LogP contribution in [0.2, 0.25) is 0 Å². The number of nitrogen functional groups attached to an aromatic ring is 1. The summed E-state index contributed by atoms with van der Waals surface area (Å²) >= 11 is 0. The van der Waals surface area contributed by atoms with Crippen LogP contribution < -0.4 is 15.8 Å². The smallest absolute Gasteiger partial charge is 0.240 e. The molecule has 1 rings (SSSR count). The number of rotatable bonds is 4. The van der Waals surface area contributed by atoms with E-state index < -0.39 is 10.0 Å². The van der Waals surface area contributed by atoms with E-state index >= 15 is 0 Å². The average Bonchev–Trinajstić information content (AvgIpc) is 2.14. The first-order valence-corrected chi connectivity index (χ1v) is 6.90. The molecule has 0 bridgehead atoms. The Bertz CT molecular complexity index is 497. The van der Waals surface area contributed by atoms with Crippen LogP contribution in [-0.4, -0.2) is 22.0 Å². The Balaban J connectivity index is 3.24. The zero-order valence-electron chi connectivity index (χ0n) is 10.3. The van der Waals surface area contributed by atoms with Crippen LogP contribution in [0.25, 0.3) is 0 Å². The van der Waals surface area contributed by atoms with Crippen molar-refractivity contribution in [3.63, 3.8) is 0 Å². The molecule has 96 valence electrons. The highest BCUT2D eigenvalue weighted by atomic mass is 32.2. The first-order valence-electron chi connectivity index (χ1n) is 5.35.